The number of halogens is 4. The van der Waals surface area contributed by atoms with Crippen LogP contribution in [0.25, 0.3) is 22.3 Å². The van der Waals surface area contributed by atoms with E-state index < -0.39 is 10.4 Å². The molecular formula is C19H18Cl2F2N4OS. The molecule has 5 nitrogen and oxygen atoms in total. The zero-order valence-corrected chi connectivity index (χ0v) is 18.1. The van der Waals surface area contributed by atoms with Gasteiger partial charge in [-0.05, 0) is 36.6 Å². The first-order chi connectivity index (χ1) is 13.6. The Labute approximate surface area is 180 Å². The molecule has 0 saturated heterocycles. The number of carbonyl (C=O) groups excluding carboxylic acids is 1. The average Bonchev–Trinajstić information content (AvgIpc) is 3.18. The highest BCUT2D eigenvalue weighted by Crippen LogP contribution is 2.38. The molecule has 0 aliphatic rings. The summed E-state index contributed by atoms with van der Waals surface area (Å²) in [6, 6.07) is 6.97. The molecule has 1 atom stereocenters. The molecular weight excluding hydrogens is 441 g/mol. The lowest BCUT2D eigenvalue weighted by Gasteiger charge is -2.15. The third kappa shape index (κ3) is 4.76. The second kappa shape index (κ2) is 8.38. The lowest BCUT2D eigenvalue weighted by atomic mass is 10.1. The van der Waals surface area contributed by atoms with Crippen molar-refractivity contribution in [3.8, 4) is 11.3 Å². The number of nitrogens with zero attached hydrogens (tertiary/aromatic N) is 3. The first-order valence-electron chi connectivity index (χ1n) is 8.78. The lowest BCUT2D eigenvalue weighted by molar-refractivity contribution is -0.117. The molecule has 154 valence electrons. The number of hydrogen-bond donors (Lipinski definition) is 1. The van der Waals surface area contributed by atoms with Crippen molar-refractivity contribution in [2.24, 2.45) is 5.92 Å². The molecule has 0 aliphatic heterocycles. The van der Waals surface area contributed by atoms with Crippen LogP contribution in [0.15, 0.2) is 30.3 Å². The summed E-state index contributed by atoms with van der Waals surface area (Å²) in [5.74, 6) is -0.0517. The topological polar surface area (TPSA) is 59.3 Å². The second-order valence-electron chi connectivity index (χ2n) is 6.80. The number of imidazole rings is 1. The molecule has 0 bridgehead atoms. The summed E-state index contributed by atoms with van der Waals surface area (Å²) in [7, 11) is 0. The Balaban J connectivity index is 2.07. The van der Waals surface area contributed by atoms with Crippen molar-refractivity contribution < 1.29 is 13.6 Å². The number of nitrogens with one attached hydrogen (secondary N) is 1. The van der Waals surface area contributed by atoms with E-state index in [2.05, 4.69) is 15.4 Å². The Morgan fingerprint density at radius 1 is 1.31 bits per heavy atom. The highest BCUT2D eigenvalue weighted by molar-refractivity contribution is 7.17. The number of benzene rings is 1. The van der Waals surface area contributed by atoms with E-state index in [1.165, 1.54) is 16.7 Å². The minimum Gasteiger partial charge on any atom is -0.350 e. The van der Waals surface area contributed by atoms with Crippen LogP contribution < -0.4 is 5.32 Å². The predicted octanol–water partition coefficient (Wildman–Crippen LogP) is 5.57. The monoisotopic (exact) mass is 458 g/mol. The normalized spacial score (nSPS) is 13.5. The van der Waals surface area contributed by atoms with E-state index in [0.29, 0.717) is 33.3 Å². The van der Waals surface area contributed by atoms with Gasteiger partial charge in [0, 0.05) is 17.7 Å². The van der Waals surface area contributed by atoms with Gasteiger partial charge in [0.1, 0.15) is 5.69 Å². The van der Waals surface area contributed by atoms with E-state index in [1.54, 1.807) is 24.3 Å². The second-order valence-corrected chi connectivity index (χ2v) is 8.64. The number of carbonyl (C=O) groups is 1. The number of aromatic nitrogens is 3. The minimum atomic E-state index is -3.61. The molecule has 0 aliphatic carbocycles. The van der Waals surface area contributed by atoms with Gasteiger partial charge in [-0.15, -0.1) is 0 Å². The molecule has 29 heavy (non-hydrogen) atoms. The van der Waals surface area contributed by atoms with E-state index in [4.69, 9.17) is 23.2 Å². The van der Waals surface area contributed by atoms with Gasteiger partial charge in [-0.25, -0.2) is 9.50 Å². The lowest BCUT2D eigenvalue weighted by Crippen LogP contribution is -2.34. The summed E-state index contributed by atoms with van der Waals surface area (Å²) < 4.78 is 28.2. The van der Waals surface area contributed by atoms with Crippen LogP contribution in [-0.4, -0.2) is 26.5 Å². The Morgan fingerprint density at radius 3 is 2.62 bits per heavy atom. The molecule has 1 amide bonds. The molecule has 2 heterocycles. The summed E-state index contributed by atoms with van der Waals surface area (Å²) in [5.41, 5.74) is 1.38. The first kappa shape index (κ1) is 21.7. The molecule has 1 aromatic carbocycles. The molecule has 0 radical (unpaired) electrons. The summed E-state index contributed by atoms with van der Waals surface area (Å²) in [4.78, 5) is 16.9. The summed E-state index contributed by atoms with van der Waals surface area (Å²) in [6.45, 7) is 5.89. The summed E-state index contributed by atoms with van der Waals surface area (Å²) in [5, 5.41) is 2.99. The molecule has 0 spiro atoms. The van der Waals surface area contributed by atoms with Crippen molar-refractivity contribution in [1.29, 1.82) is 0 Å². The van der Waals surface area contributed by atoms with Gasteiger partial charge >= 0.3 is 5.38 Å². The van der Waals surface area contributed by atoms with Crippen molar-refractivity contribution in [2.45, 2.75) is 32.2 Å². The minimum absolute atomic E-state index is 0.0264. The maximum absolute atomic E-state index is 13.5. The van der Waals surface area contributed by atoms with Gasteiger partial charge in [0.05, 0.1) is 10.7 Å². The Bertz CT molecular complexity index is 1070. The van der Waals surface area contributed by atoms with Gasteiger partial charge < -0.3 is 5.32 Å². The van der Waals surface area contributed by atoms with Crippen LogP contribution >= 0.6 is 34.5 Å². The molecule has 0 saturated carbocycles. The standard InChI is InChI=1S/C19H18Cl2F2N4OS/c1-10(2)11(3)24-15(28)9-8-14-16(12-6-4-5-7-13(12)20)25-18-27(14)26-17(29-18)19(21,22)23/h4-11H,1-3H3,(H,24,28). The molecule has 1 unspecified atom stereocenters. The van der Waals surface area contributed by atoms with E-state index in [1.807, 2.05) is 20.8 Å². The number of rotatable bonds is 6. The van der Waals surface area contributed by atoms with E-state index >= 15 is 0 Å². The van der Waals surface area contributed by atoms with E-state index in [0.717, 1.165) is 0 Å². The van der Waals surface area contributed by atoms with Crippen molar-refractivity contribution in [1.82, 2.24) is 19.9 Å². The van der Waals surface area contributed by atoms with Gasteiger partial charge in [-0.1, -0.05) is 55.0 Å². The van der Waals surface area contributed by atoms with Gasteiger partial charge in [0.2, 0.25) is 15.9 Å². The Hall–Kier alpha value is -2.03. The van der Waals surface area contributed by atoms with Crippen molar-refractivity contribution in [3.05, 3.63) is 46.1 Å². The Morgan fingerprint density at radius 2 is 2.00 bits per heavy atom. The number of fused-ring (bicyclic) bond motifs is 1. The first-order valence-corrected chi connectivity index (χ1v) is 10.4. The smallest absolute Gasteiger partial charge is 0.350 e. The fourth-order valence-corrected chi connectivity index (χ4v) is 3.63. The zero-order chi connectivity index (χ0) is 21.3. The van der Waals surface area contributed by atoms with E-state index in [-0.39, 0.29) is 22.8 Å². The maximum atomic E-state index is 13.5. The number of alkyl halides is 3. The highest BCUT2D eigenvalue weighted by Gasteiger charge is 2.34. The van der Waals surface area contributed by atoms with Crippen LogP contribution in [0.1, 0.15) is 31.5 Å². The SMILES string of the molecule is CC(C)C(C)NC(=O)C=Cc1c(-c2ccccc2Cl)nc2sc(C(F)(F)Cl)nn12. The van der Waals surface area contributed by atoms with Crippen molar-refractivity contribution in [2.75, 3.05) is 0 Å². The third-order valence-electron chi connectivity index (χ3n) is 4.37. The van der Waals surface area contributed by atoms with Crippen molar-refractivity contribution in [3.63, 3.8) is 0 Å². The summed E-state index contributed by atoms with van der Waals surface area (Å²) >= 11 is 12.1. The number of hydrogen-bond acceptors (Lipinski definition) is 4. The van der Waals surface area contributed by atoms with Crippen LogP contribution in [0, 0.1) is 5.92 Å². The van der Waals surface area contributed by atoms with Gasteiger partial charge in [0.25, 0.3) is 0 Å². The predicted molar refractivity (Wildman–Crippen MR) is 113 cm³/mol. The van der Waals surface area contributed by atoms with Crippen LogP contribution in [0.5, 0.6) is 0 Å². The average molecular weight is 459 g/mol. The highest BCUT2D eigenvalue weighted by atomic mass is 35.5. The molecule has 3 rings (SSSR count). The molecule has 3 aromatic rings. The Kier molecular flexibility index (Phi) is 6.26. The fraction of sp³-hybridized carbons (Fsp3) is 0.316. The number of amides is 1. The zero-order valence-electron chi connectivity index (χ0n) is 15.8. The molecule has 0 fully saturated rings. The summed E-state index contributed by atoms with van der Waals surface area (Å²) in [6.07, 6.45) is 2.80. The molecule has 10 heteroatoms. The van der Waals surface area contributed by atoms with Gasteiger partial charge in [-0.3, -0.25) is 4.79 Å². The quantitative estimate of drug-likeness (QED) is 0.387. The van der Waals surface area contributed by atoms with Crippen LogP contribution in [0.3, 0.4) is 0 Å². The van der Waals surface area contributed by atoms with Gasteiger partial charge in [-0.2, -0.15) is 13.9 Å². The van der Waals surface area contributed by atoms with Crippen molar-refractivity contribution >= 4 is 51.5 Å². The fourth-order valence-electron chi connectivity index (χ4n) is 2.47. The third-order valence-corrected chi connectivity index (χ3v) is 5.97. The van der Waals surface area contributed by atoms with Gasteiger partial charge in [0.15, 0.2) is 0 Å². The molecule has 2 aromatic heterocycles. The maximum Gasteiger partial charge on any atom is 0.375 e. The van der Waals surface area contributed by atoms with Crippen LogP contribution in [0.2, 0.25) is 5.02 Å². The van der Waals surface area contributed by atoms with Crippen LogP contribution in [0.4, 0.5) is 8.78 Å². The van der Waals surface area contributed by atoms with E-state index in [9.17, 15) is 13.6 Å². The molecule has 1 N–H and O–H groups in total. The van der Waals surface area contributed by atoms with Crippen LogP contribution in [-0.2, 0) is 10.2 Å². The largest absolute Gasteiger partial charge is 0.375 e.